The third-order valence-corrected chi connectivity index (χ3v) is 5.03. The molecule has 0 unspecified atom stereocenters. The van der Waals surface area contributed by atoms with E-state index in [1.54, 1.807) is 33.8 Å². The summed E-state index contributed by atoms with van der Waals surface area (Å²) in [6, 6.07) is 4.63. The molecule has 0 aliphatic carbocycles. The molecular formula is C17H28N2O3S. The number of rotatable bonds is 7. The Morgan fingerprint density at radius 2 is 1.83 bits per heavy atom. The fourth-order valence-corrected chi connectivity index (χ4v) is 3.59. The molecular weight excluding hydrogens is 312 g/mol. The Balaban J connectivity index is 2.97. The lowest BCUT2D eigenvalue weighted by atomic mass is 10.1. The van der Waals surface area contributed by atoms with E-state index in [-0.39, 0.29) is 10.8 Å². The average Bonchev–Trinajstić information content (AvgIpc) is 2.41. The van der Waals surface area contributed by atoms with Crippen LogP contribution in [0.1, 0.15) is 62.9 Å². The van der Waals surface area contributed by atoms with Crippen LogP contribution in [0.4, 0.5) is 0 Å². The van der Waals surface area contributed by atoms with E-state index in [0.29, 0.717) is 12.1 Å². The Hall–Kier alpha value is -1.40. The van der Waals surface area contributed by atoms with Crippen molar-refractivity contribution in [2.24, 2.45) is 0 Å². The normalized spacial score (nSPS) is 12.2. The van der Waals surface area contributed by atoms with Crippen LogP contribution in [0.5, 0.6) is 0 Å². The van der Waals surface area contributed by atoms with Crippen molar-refractivity contribution < 1.29 is 13.2 Å². The van der Waals surface area contributed by atoms with Gasteiger partial charge in [-0.3, -0.25) is 4.79 Å². The molecule has 0 aromatic heterocycles. The van der Waals surface area contributed by atoms with E-state index >= 15 is 0 Å². The van der Waals surface area contributed by atoms with Gasteiger partial charge in [-0.05, 0) is 51.8 Å². The monoisotopic (exact) mass is 340 g/mol. The number of hydrogen-bond acceptors (Lipinski definition) is 3. The third kappa shape index (κ3) is 6.31. The maximum absolute atomic E-state index is 12.4. The zero-order valence-corrected chi connectivity index (χ0v) is 15.5. The van der Waals surface area contributed by atoms with Gasteiger partial charge in [0, 0.05) is 17.6 Å². The number of amides is 1. The van der Waals surface area contributed by atoms with Crippen molar-refractivity contribution in [2.75, 3.05) is 6.54 Å². The molecule has 0 saturated carbocycles. The van der Waals surface area contributed by atoms with Crippen LogP contribution in [-0.4, -0.2) is 26.4 Å². The number of nitrogens with one attached hydrogen (secondary N) is 2. The van der Waals surface area contributed by atoms with E-state index < -0.39 is 15.6 Å². The minimum absolute atomic E-state index is 0.108. The van der Waals surface area contributed by atoms with Crippen molar-refractivity contribution in [3.8, 4) is 0 Å². The fraction of sp³-hybridized carbons (Fsp3) is 0.588. The maximum atomic E-state index is 12.4. The van der Waals surface area contributed by atoms with Crippen LogP contribution in [-0.2, 0) is 10.0 Å². The van der Waals surface area contributed by atoms with Crippen LogP contribution >= 0.6 is 0 Å². The van der Waals surface area contributed by atoms with Crippen LogP contribution in [0.25, 0.3) is 0 Å². The van der Waals surface area contributed by atoms with E-state index in [9.17, 15) is 13.2 Å². The van der Waals surface area contributed by atoms with Gasteiger partial charge in [-0.1, -0.05) is 25.8 Å². The van der Waals surface area contributed by atoms with Gasteiger partial charge in [0.25, 0.3) is 5.91 Å². The van der Waals surface area contributed by atoms with Gasteiger partial charge in [-0.2, -0.15) is 0 Å². The Morgan fingerprint density at radius 1 is 1.17 bits per heavy atom. The molecule has 0 saturated heterocycles. The second-order valence-electron chi connectivity index (χ2n) is 6.80. The summed E-state index contributed by atoms with van der Waals surface area (Å²) in [6.45, 7) is 9.83. The Bertz CT molecular complexity index is 646. The lowest BCUT2D eigenvalue weighted by molar-refractivity contribution is 0.0952. The van der Waals surface area contributed by atoms with Gasteiger partial charge in [-0.25, -0.2) is 13.1 Å². The van der Waals surface area contributed by atoms with Crippen LogP contribution in [0.3, 0.4) is 0 Å². The minimum atomic E-state index is -3.65. The number of hydrogen-bond donors (Lipinski definition) is 2. The first-order chi connectivity index (χ1) is 10.6. The molecule has 23 heavy (non-hydrogen) atoms. The molecule has 0 aliphatic rings. The molecule has 0 aliphatic heterocycles. The quantitative estimate of drug-likeness (QED) is 0.749. The van der Waals surface area contributed by atoms with Crippen molar-refractivity contribution in [1.29, 1.82) is 0 Å². The van der Waals surface area contributed by atoms with Crippen molar-refractivity contribution in [2.45, 2.75) is 64.3 Å². The van der Waals surface area contributed by atoms with Gasteiger partial charge in [0.2, 0.25) is 10.0 Å². The standard InChI is InChI=1S/C17H28N2O3S/c1-6-7-8-11-18-16(20)15-12-14(10-9-13(15)2)23(21,22)19-17(3,4)5/h9-10,12,19H,6-8,11H2,1-5H3,(H,18,20). The van der Waals surface area contributed by atoms with Gasteiger partial charge in [0.1, 0.15) is 0 Å². The first-order valence-electron chi connectivity index (χ1n) is 7.99. The van der Waals surface area contributed by atoms with E-state index in [4.69, 9.17) is 0 Å². The van der Waals surface area contributed by atoms with Gasteiger partial charge in [-0.15, -0.1) is 0 Å². The molecule has 0 radical (unpaired) electrons. The lowest BCUT2D eigenvalue weighted by Gasteiger charge is -2.20. The average molecular weight is 340 g/mol. The van der Waals surface area contributed by atoms with Crippen molar-refractivity contribution in [3.63, 3.8) is 0 Å². The smallest absolute Gasteiger partial charge is 0.251 e. The number of unbranched alkanes of at least 4 members (excludes halogenated alkanes) is 2. The zero-order valence-electron chi connectivity index (χ0n) is 14.7. The summed E-state index contributed by atoms with van der Waals surface area (Å²) in [7, 11) is -3.65. The van der Waals surface area contributed by atoms with Gasteiger partial charge >= 0.3 is 0 Å². The van der Waals surface area contributed by atoms with E-state index in [1.165, 1.54) is 12.1 Å². The molecule has 1 aromatic rings. The predicted octanol–water partition coefficient (Wildman–Crippen LogP) is 2.99. The van der Waals surface area contributed by atoms with Gasteiger partial charge < -0.3 is 5.32 Å². The first-order valence-corrected chi connectivity index (χ1v) is 9.48. The van der Waals surface area contributed by atoms with Crippen molar-refractivity contribution >= 4 is 15.9 Å². The third-order valence-electron chi connectivity index (χ3n) is 3.27. The Morgan fingerprint density at radius 3 is 2.39 bits per heavy atom. The van der Waals surface area contributed by atoms with Crippen LogP contribution in [0.2, 0.25) is 0 Å². The molecule has 6 heteroatoms. The molecule has 0 atom stereocenters. The zero-order chi connectivity index (χ0) is 17.7. The molecule has 1 aromatic carbocycles. The number of benzene rings is 1. The summed E-state index contributed by atoms with van der Waals surface area (Å²) in [5.41, 5.74) is 0.581. The molecule has 0 fully saturated rings. The largest absolute Gasteiger partial charge is 0.352 e. The molecule has 2 N–H and O–H groups in total. The minimum Gasteiger partial charge on any atom is -0.352 e. The molecule has 0 spiro atoms. The van der Waals surface area contributed by atoms with Crippen molar-refractivity contribution in [3.05, 3.63) is 29.3 Å². The van der Waals surface area contributed by atoms with Crippen LogP contribution in [0.15, 0.2) is 23.1 Å². The van der Waals surface area contributed by atoms with Crippen LogP contribution in [0, 0.1) is 6.92 Å². The predicted molar refractivity (Wildman–Crippen MR) is 93.1 cm³/mol. The lowest BCUT2D eigenvalue weighted by Crippen LogP contribution is -2.40. The number of aryl methyl sites for hydroxylation is 1. The van der Waals surface area contributed by atoms with Crippen molar-refractivity contribution in [1.82, 2.24) is 10.0 Å². The summed E-state index contributed by atoms with van der Waals surface area (Å²) in [5.74, 6) is -0.230. The SMILES string of the molecule is CCCCCNC(=O)c1cc(S(=O)(=O)NC(C)(C)C)ccc1C. The summed E-state index contributed by atoms with van der Waals surface area (Å²) in [4.78, 5) is 12.4. The highest BCUT2D eigenvalue weighted by Crippen LogP contribution is 2.17. The number of carbonyl (C=O) groups is 1. The molecule has 0 bridgehead atoms. The number of sulfonamides is 1. The second kappa shape index (κ2) is 7.93. The summed E-state index contributed by atoms with van der Waals surface area (Å²) in [5, 5.41) is 2.85. The van der Waals surface area contributed by atoms with E-state index in [0.717, 1.165) is 24.8 Å². The van der Waals surface area contributed by atoms with E-state index in [1.807, 2.05) is 0 Å². The number of carbonyl (C=O) groups excluding carboxylic acids is 1. The molecule has 1 rings (SSSR count). The highest BCUT2D eigenvalue weighted by atomic mass is 32.2. The summed E-state index contributed by atoms with van der Waals surface area (Å²) in [6.07, 6.45) is 3.06. The Kier molecular flexibility index (Phi) is 6.77. The van der Waals surface area contributed by atoms with E-state index in [2.05, 4.69) is 17.0 Å². The highest BCUT2D eigenvalue weighted by Gasteiger charge is 2.23. The van der Waals surface area contributed by atoms with Gasteiger partial charge in [0.05, 0.1) is 4.90 Å². The first kappa shape index (κ1) is 19.6. The molecule has 5 nitrogen and oxygen atoms in total. The molecule has 1 amide bonds. The highest BCUT2D eigenvalue weighted by molar-refractivity contribution is 7.89. The second-order valence-corrected chi connectivity index (χ2v) is 8.48. The Labute approximate surface area is 139 Å². The van der Waals surface area contributed by atoms with Gasteiger partial charge in [0.15, 0.2) is 0 Å². The summed E-state index contributed by atoms with van der Waals surface area (Å²) >= 11 is 0. The fourth-order valence-electron chi connectivity index (χ4n) is 2.15. The molecule has 130 valence electrons. The summed E-state index contributed by atoms with van der Waals surface area (Å²) < 4.78 is 27.4. The maximum Gasteiger partial charge on any atom is 0.251 e. The molecule has 0 heterocycles. The van der Waals surface area contributed by atoms with Crippen LogP contribution < -0.4 is 10.0 Å². The topological polar surface area (TPSA) is 75.3 Å².